The van der Waals surface area contributed by atoms with Crippen LogP contribution in [0.1, 0.15) is 19.4 Å². The first-order chi connectivity index (χ1) is 9.44. The van der Waals surface area contributed by atoms with Gasteiger partial charge >= 0.3 is 12.0 Å². The molecule has 0 fully saturated rings. The smallest absolute Gasteiger partial charge is 0.329 e. The summed E-state index contributed by atoms with van der Waals surface area (Å²) >= 11 is 5.76. The molecule has 2 rings (SSSR count). The summed E-state index contributed by atoms with van der Waals surface area (Å²) in [5.41, 5.74) is 0.523. The van der Waals surface area contributed by atoms with Crippen molar-refractivity contribution in [3.63, 3.8) is 0 Å². The normalized spacial score (nSPS) is 10.7. The highest BCUT2D eigenvalue weighted by Gasteiger charge is 2.10. The summed E-state index contributed by atoms with van der Waals surface area (Å²) in [4.78, 5) is 11.6. The lowest BCUT2D eigenvalue weighted by molar-refractivity contribution is 0.218. The predicted molar refractivity (Wildman–Crippen MR) is 71.8 cm³/mol. The molecule has 1 aromatic carbocycles. The van der Waals surface area contributed by atoms with Gasteiger partial charge in [-0.25, -0.2) is 4.39 Å². The average molecular weight is 298 g/mol. The fourth-order valence-corrected chi connectivity index (χ4v) is 1.51. The van der Waals surface area contributed by atoms with Gasteiger partial charge in [0, 0.05) is 6.07 Å². The molecular formula is C13H13ClFN3O2. The molecule has 0 saturated carbocycles. The van der Waals surface area contributed by atoms with Crippen molar-refractivity contribution in [2.24, 2.45) is 0 Å². The van der Waals surface area contributed by atoms with E-state index in [1.165, 1.54) is 6.07 Å². The van der Waals surface area contributed by atoms with Gasteiger partial charge in [0.2, 0.25) is 5.28 Å². The minimum absolute atomic E-state index is 0.0519. The van der Waals surface area contributed by atoms with E-state index in [1.54, 1.807) is 19.1 Å². The van der Waals surface area contributed by atoms with Gasteiger partial charge in [-0.05, 0) is 44.0 Å². The fraction of sp³-hybridized carbons (Fsp3) is 0.308. The van der Waals surface area contributed by atoms with Gasteiger partial charge in [0.25, 0.3) is 0 Å². The molecule has 20 heavy (non-hydrogen) atoms. The maximum Gasteiger partial charge on any atom is 0.329 e. The van der Waals surface area contributed by atoms with E-state index in [0.717, 1.165) is 0 Å². The second-order valence-corrected chi connectivity index (χ2v) is 4.69. The molecule has 0 amide bonds. The molecule has 2 aromatic rings. The molecule has 0 atom stereocenters. The zero-order valence-corrected chi connectivity index (χ0v) is 12.0. The molecule has 0 bridgehead atoms. The van der Waals surface area contributed by atoms with Crippen LogP contribution in [0.4, 0.5) is 4.39 Å². The molecule has 0 radical (unpaired) electrons. The van der Waals surface area contributed by atoms with Gasteiger partial charge in [-0.1, -0.05) is 6.07 Å². The van der Waals surface area contributed by atoms with E-state index in [0.29, 0.717) is 5.56 Å². The highest BCUT2D eigenvalue weighted by Crippen LogP contribution is 2.22. The van der Waals surface area contributed by atoms with Gasteiger partial charge in [-0.3, -0.25) is 0 Å². The van der Waals surface area contributed by atoms with Crippen LogP contribution in [0.15, 0.2) is 18.2 Å². The fourth-order valence-electron chi connectivity index (χ4n) is 1.37. The van der Waals surface area contributed by atoms with Crippen molar-refractivity contribution in [2.75, 3.05) is 0 Å². The molecule has 0 unspecified atom stereocenters. The zero-order chi connectivity index (χ0) is 14.7. The van der Waals surface area contributed by atoms with E-state index in [1.807, 2.05) is 13.8 Å². The Balaban J connectivity index is 2.24. The summed E-state index contributed by atoms with van der Waals surface area (Å²) in [5.74, 6) is -0.104. The quantitative estimate of drug-likeness (QED) is 0.863. The first kappa shape index (κ1) is 14.5. The van der Waals surface area contributed by atoms with Crippen LogP contribution >= 0.6 is 11.6 Å². The number of ether oxygens (including phenoxy) is 2. The van der Waals surface area contributed by atoms with Crippen LogP contribution in [0.5, 0.6) is 17.8 Å². The number of aryl methyl sites for hydroxylation is 1. The lowest BCUT2D eigenvalue weighted by Crippen LogP contribution is -2.09. The number of benzene rings is 1. The summed E-state index contributed by atoms with van der Waals surface area (Å²) in [6.07, 6.45) is -0.113. The summed E-state index contributed by atoms with van der Waals surface area (Å²) in [7, 11) is 0. The molecular weight excluding hydrogens is 285 g/mol. The Morgan fingerprint density at radius 2 is 1.85 bits per heavy atom. The Kier molecular flexibility index (Phi) is 4.34. The van der Waals surface area contributed by atoms with Crippen LogP contribution in [0.3, 0.4) is 0 Å². The van der Waals surface area contributed by atoms with E-state index in [2.05, 4.69) is 15.0 Å². The number of hydrogen-bond donors (Lipinski definition) is 0. The molecule has 0 spiro atoms. The number of halogens is 2. The lowest BCUT2D eigenvalue weighted by Gasteiger charge is -2.09. The molecule has 106 valence electrons. The van der Waals surface area contributed by atoms with Gasteiger partial charge in [-0.2, -0.15) is 9.97 Å². The van der Waals surface area contributed by atoms with E-state index >= 15 is 0 Å². The summed E-state index contributed by atoms with van der Waals surface area (Å²) in [5, 5.41) is -0.0572. The molecule has 0 saturated heterocycles. The Labute approximate surface area is 120 Å². The monoisotopic (exact) mass is 297 g/mol. The second-order valence-electron chi connectivity index (χ2n) is 4.35. The Hall–Kier alpha value is -1.95. The minimum Gasteiger partial charge on any atom is -0.461 e. The van der Waals surface area contributed by atoms with Crippen molar-refractivity contribution >= 4 is 11.6 Å². The number of nitrogens with zero attached hydrogens (tertiary/aromatic N) is 3. The van der Waals surface area contributed by atoms with E-state index in [9.17, 15) is 4.39 Å². The van der Waals surface area contributed by atoms with Gasteiger partial charge in [0.15, 0.2) is 0 Å². The van der Waals surface area contributed by atoms with E-state index in [4.69, 9.17) is 21.1 Å². The minimum atomic E-state index is -0.374. The standard InChI is InChI=1S/C13H13ClFN3O2/c1-7(2)19-12-16-11(14)17-13(18-12)20-9-5-4-8(3)10(15)6-9/h4-7H,1-3H3. The summed E-state index contributed by atoms with van der Waals surface area (Å²) in [6.45, 7) is 5.31. The lowest BCUT2D eigenvalue weighted by atomic mass is 10.2. The van der Waals surface area contributed by atoms with Gasteiger partial charge in [0.1, 0.15) is 11.6 Å². The molecule has 5 nitrogen and oxygen atoms in total. The van der Waals surface area contributed by atoms with Crippen molar-refractivity contribution in [1.29, 1.82) is 0 Å². The third-order valence-corrected chi connectivity index (χ3v) is 2.43. The molecule has 0 N–H and O–H groups in total. The van der Waals surface area contributed by atoms with Crippen LogP contribution in [-0.2, 0) is 0 Å². The molecule has 1 heterocycles. The summed E-state index contributed by atoms with van der Waals surface area (Å²) < 4.78 is 24.1. The van der Waals surface area contributed by atoms with Crippen molar-refractivity contribution in [3.8, 4) is 17.8 Å². The van der Waals surface area contributed by atoms with Gasteiger partial charge < -0.3 is 9.47 Å². The zero-order valence-electron chi connectivity index (χ0n) is 11.2. The van der Waals surface area contributed by atoms with E-state index in [-0.39, 0.29) is 35.0 Å². The highest BCUT2D eigenvalue weighted by atomic mass is 35.5. The van der Waals surface area contributed by atoms with Crippen molar-refractivity contribution in [3.05, 3.63) is 34.9 Å². The molecule has 0 aliphatic carbocycles. The molecule has 0 aliphatic heterocycles. The second kappa shape index (κ2) is 6.00. The average Bonchev–Trinajstić information content (AvgIpc) is 2.32. The predicted octanol–water partition coefficient (Wildman–Crippen LogP) is 3.55. The number of aromatic nitrogens is 3. The van der Waals surface area contributed by atoms with Crippen molar-refractivity contribution in [2.45, 2.75) is 26.9 Å². The third-order valence-electron chi connectivity index (χ3n) is 2.26. The largest absolute Gasteiger partial charge is 0.461 e. The molecule has 7 heteroatoms. The first-order valence-corrected chi connectivity index (χ1v) is 6.34. The highest BCUT2D eigenvalue weighted by molar-refractivity contribution is 6.28. The molecule has 1 aromatic heterocycles. The Morgan fingerprint density at radius 1 is 1.15 bits per heavy atom. The van der Waals surface area contributed by atoms with Crippen molar-refractivity contribution in [1.82, 2.24) is 15.0 Å². The summed E-state index contributed by atoms with van der Waals surface area (Å²) in [6, 6.07) is 4.46. The van der Waals surface area contributed by atoms with Gasteiger partial charge in [0.05, 0.1) is 6.10 Å². The Morgan fingerprint density at radius 3 is 2.50 bits per heavy atom. The van der Waals surface area contributed by atoms with Crippen molar-refractivity contribution < 1.29 is 13.9 Å². The molecule has 0 aliphatic rings. The first-order valence-electron chi connectivity index (χ1n) is 5.96. The van der Waals surface area contributed by atoms with Crippen LogP contribution in [0, 0.1) is 12.7 Å². The van der Waals surface area contributed by atoms with Crippen LogP contribution < -0.4 is 9.47 Å². The topological polar surface area (TPSA) is 57.1 Å². The maximum atomic E-state index is 13.4. The van der Waals surface area contributed by atoms with Crippen LogP contribution in [0.25, 0.3) is 0 Å². The SMILES string of the molecule is Cc1ccc(Oc2nc(Cl)nc(OC(C)C)n2)cc1F. The number of hydrogen-bond acceptors (Lipinski definition) is 5. The van der Waals surface area contributed by atoms with Gasteiger partial charge in [-0.15, -0.1) is 4.98 Å². The number of rotatable bonds is 4. The van der Waals surface area contributed by atoms with Crippen LogP contribution in [-0.4, -0.2) is 21.1 Å². The maximum absolute atomic E-state index is 13.4. The van der Waals surface area contributed by atoms with E-state index < -0.39 is 0 Å². The third kappa shape index (κ3) is 3.77. The van der Waals surface area contributed by atoms with Crippen LogP contribution in [0.2, 0.25) is 5.28 Å². The Bertz CT molecular complexity index is 623.